The van der Waals surface area contributed by atoms with Crippen LogP contribution in [0.15, 0.2) is 6.20 Å². The third-order valence-electron chi connectivity index (χ3n) is 4.30. The number of anilines is 3. The Bertz CT molecular complexity index is 501. The highest BCUT2D eigenvalue weighted by Gasteiger charge is 2.47. The molecular formula is C12H19N5O. The summed E-state index contributed by atoms with van der Waals surface area (Å²) in [6, 6.07) is 0. The fourth-order valence-corrected chi connectivity index (χ4v) is 3.02. The predicted molar refractivity (Wildman–Crippen MR) is 71.7 cm³/mol. The molecule has 6 nitrogen and oxygen atoms in total. The molecule has 0 radical (unpaired) electrons. The highest BCUT2D eigenvalue weighted by Crippen LogP contribution is 2.43. The Labute approximate surface area is 106 Å². The molecule has 1 spiro atoms. The number of carbonyl (C=O) groups is 1. The number of nitrogen functional groups attached to an aromatic ring is 1. The predicted octanol–water partition coefficient (Wildman–Crippen LogP) is 0.118. The number of piperidine rings is 1. The summed E-state index contributed by atoms with van der Waals surface area (Å²) in [4.78, 5) is 14.6. The van der Waals surface area contributed by atoms with Crippen LogP contribution in [0.4, 0.5) is 17.2 Å². The molecule has 0 unspecified atom stereocenters. The van der Waals surface area contributed by atoms with Crippen LogP contribution < -0.4 is 21.3 Å². The van der Waals surface area contributed by atoms with Gasteiger partial charge in [0.25, 0.3) is 5.91 Å². The lowest BCUT2D eigenvalue weighted by molar-refractivity contribution is -0.122. The topological polar surface area (TPSA) is 75.3 Å². The molecule has 1 amide bonds. The quantitative estimate of drug-likeness (QED) is 0.610. The van der Waals surface area contributed by atoms with Crippen molar-refractivity contribution < 1.29 is 4.79 Å². The van der Waals surface area contributed by atoms with E-state index in [1.165, 1.54) is 0 Å². The molecule has 1 aromatic heterocycles. The Morgan fingerprint density at radius 3 is 2.67 bits per heavy atom. The number of hydrogen-bond donors (Lipinski definition) is 3. The molecule has 1 aromatic rings. The van der Waals surface area contributed by atoms with Crippen molar-refractivity contribution in [2.24, 2.45) is 7.05 Å². The van der Waals surface area contributed by atoms with Crippen LogP contribution in [0.1, 0.15) is 12.8 Å². The molecule has 3 rings (SSSR count). The normalized spacial score (nSPS) is 21.9. The largest absolute Gasteiger partial charge is 0.383 e. The van der Waals surface area contributed by atoms with E-state index < -0.39 is 5.54 Å². The number of aryl methyl sites for hydroxylation is 1. The Hall–Kier alpha value is -1.69. The lowest BCUT2D eigenvalue weighted by atomic mass is 9.84. The maximum Gasteiger partial charge on any atom is 0.250 e. The van der Waals surface area contributed by atoms with Crippen molar-refractivity contribution in [2.45, 2.75) is 18.4 Å². The van der Waals surface area contributed by atoms with Gasteiger partial charge < -0.3 is 25.8 Å². The zero-order valence-electron chi connectivity index (χ0n) is 10.8. The average Bonchev–Trinajstić information content (AvgIpc) is 2.66. The van der Waals surface area contributed by atoms with E-state index in [0.29, 0.717) is 5.82 Å². The van der Waals surface area contributed by atoms with E-state index in [4.69, 9.17) is 5.73 Å². The van der Waals surface area contributed by atoms with E-state index in [-0.39, 0.29) is 5.91 Å². The summed E-state index contributed by atoms with van der Waals surface area (Å²) >= 11 is 0. The Balaban J connectivity index is 2.08. The van der Waals surface area contributed by atoms with E-state index in [2.05, 4.69) is 15.5 Å². The minimum absolute atomic E-state index is 0.0666. The maximum atomic E-state index is 12.5. The first-order chi connectivity index (χ1) is 8.56. The van der Waals surface area contributed by atoms with Crippen molar-refractivity contribution in [1.82, 2.24) is 9.88 Å². The van der Waals surface area contributed by atoms with Crippen LogP contribution in [-0.2, 0) is 11.8 Å². The van der Waals surface area contributed by atoms with Gasteiger partial charge in [0.2, 0.25) is 0 Å². The van der Waals surface area contributed by atoms with Gasteiger partial charge in [0.1, 0.15) is 17.0 Å². The lowest BCUT2D eigenvalue weighted by Gasteiger charge is -2.47. The molecule has 6 heteroatoms. The van der Waals surface area contributed by atoms with Crippen LogP contribution in [0.3, 0.4) is 0 Å². The molecule has 3 heterocycles. The average molecular weight is 249 g/mol. The Morgan fingerprint density at radius 2 is 2.00 bits per heavy atom. The van der Waals surface area contributed by atoms with Crippen LogP contribution >= 0.6 is 0 Å². The molecule has 1 fully saturated rings. The van der Waals surface area contributed by atoms with Gasteiger partial charge in [-0.25, -0.2) is 0 Å². The van der Waals surface area contributed by atoms with Crippen molar-refractivity contribution >= 4 is 23.1 Å². The van der Waals surface area contributed by atoms with E-state index in [0.717, 1.165) is 37.3 Å². The third-order valence-corrected chi connectivity index (χ3v) is 4.30. The van der Waals surface area contributed by atoms with Gasteiger partial charge in [-0.1, -0.05) is 0 Å². The molecule has 4 N–H and O–H groups in total. The van der Waals surface area contributed by atoms with Crippen molar-refractivity contribution in [3.05, 3.63) is 6.20 Å². The van der Waals surface area contributed by atoms with Crippen LogP contribution in [-0.4, -0.2) is 36.2 Å². The molecule has 0 bridgehead atoms. The number of fused-ring (bicyclic) bond motifs is 1. The second-order valence-electron chi connectivity index (χ2n) is 5.18. The van der Waals surface area contributed by atoms with E-state index in [1.54, 1.807) is 0 Å². The number of nitrogens with two attached hydrogens (primary N) is 1. The SMILES string of the molecule is CN1c2cn(C)c(N)c2NC(=O)C12CCNCC2. The van der Waals surface area contributed by atoms with Crippen LogP contribution in [0.5, 0.6) is 0 Å². The van der Waals surface area contributed by atoms with Crippen LogP contribution in [0.25, 0.3) is 0 Å². The van der Waals surface area contributed by atoms with Crippen LogP contribution in [0.2, 0.25) is 0 Å². The first-order valence-electron chi connectivity index (χ1n) is 6.27. The van der Waals surface area contributed by atoms with Gasteiger partial charge in [0.05, 0.1) is 5.69 Å². The molecule has 98 valence electrons. The molecule has 0 aromatic carbocycles. The number of rotatable bonds is 0. The minimum atomic E-state index is -0.425. The van der Waals surface area contributed by atoms with Gasteiger partial charge in [-0.2, -0.15) is 0 Å². The molecule has 0 atom stereocenters. The fraction of sp³-hybridized carbons (Fsp3) is 0.583. The fourth-order valence-electron chi connectivity index (χ4n) is 3.02. The highest BCUT2D eigenvalue weighted by molar-refractivity contribution is 6.09. The van der Waals surface area contributed by atoms with Gasteiger partial charge in [-0.3, -0.25) is 4.79 Å². The van der Waals surface area contributed by atoms with Gasteiger partial charge >= 0.3 is 0 Å². The maximum absolute atomic E-state index is 12.5. The molecular weight excluding hydrogens is 230 g/mol. The second-order valence-corrected chi connectivity index (χ2v) is 5.18. The van der Waals surface area contributed by atoms with Gasteiger partial charge in [0, 0.05) is 20.3 Å². The lowest BCUT2D eigenvalue weighted by Crippen LogP contribution is -2.62. The molecule has 0 aliphatic carbocycles. The number of nitrogens with zero attached hydrogens (tertiary/aromatic N) is 2. The van der Waals surface area contributed by atoms with Crippen molar-refractivity contribution in [2.75, 3.05) is 36.1 Å². The summed E-state index contributed by atoms with van der Waals surface area (Å²) in [6.07, 6.45) is 3.63. The minimum Gasteiger partial charge on any atom is -0.383 e. The molecule has 1 saturated heterocycles. The Morgan fingerprint density at radius 1 is 1.33 bits per heavy atom. The third kappa shape index (κ3) is 1.29. The van der Waals surface area contributed by atoms with Gasteiger partial charge in [-0.15, -0.1) is 0 Å². The number of hydrogen-bond acceptors (Lipinski definition) is 4. The summed E-state index contributed by atoms with van der Waals surface area (Å²) in [5.41, 5.74) is 7.31. The summed E-state index contributed by atoms with van der Waals surface area (Å²) < 4.78 is 1.85. The van der Waals surface area contributed by atoms with Crippen molar-refractivity contribution in [3.8, 4) is 0 Å². The first-order valence-corrected chi connectivity index (χ1v) is 6.27. The van der Waals surface area contributed by atoms with Gasteiger partial charge in [-0.05, 0) is 25.9 Å². The summed E-state index contributed by atoms with van der Waals surface area (Å²) in [7, 11) is 3.88. The van der Waals surface area contributed by atoms with Crippen molar-refractivity contribution in [3.63, 3.8) is 0 Å². The standard InChI is InChI=1S/C12H19N5O/c1-16-7-8-9(10(16)13)15-11(18)12(17(8)2)3-5-14-6-4-12/h7,14H,3-6,13H2,1-2H3,(H,15,18). The summed E-state index contributed by atoms with van der Waals surface area (Å²) in [5, 5.41) is 6.29. The molecule has 2 aliphatic heterocycles. The zero-order valence-corrected chi connectivity index (χ0v) is 10.8. The second kappa shape index (κ2) is 3.65. The zero-order chi connectivity index (χ0) is 12.9. The smallest absolute Gasteiger partial charge is 0.250 e. The number of aromatic nitrogens is 1. The monoisotopic (exact) mass is 249 g/mol. The summed E-state index contributed by atoms with van der Waals surface area (Å²) in [6.45, 7) is 1.74. The molecule has 0 saturated carbocycles. The molecule has 2 aliphatic rings. The summed E-state index contributed by atoms with van der Waals surface area (Å²) in [5.74, 6) is 0.672. The Kier molecular flexibility index (Phi) is 2.31. The number of likely N-dealkylation sites (N-methyl/N-ethyl adjacent to an activating group) is 1. The molecule has 18 heavy (non-hydrogen) atoms. The number of carbonyl (C=O) groups excluding carboxylic acids is 1. The number of amides is 1. The van der Waals surface area contributed by atoms with E-state index in [9.17, 15) is 4.79 Å². The van der Waals surface area contributed by atoms with Crippen LogP contribution in [0, 0.1) is 0 Å². The highest BCUT2D eigenvalue weighted by atomic mass is 16.2. The number of nitrogens with one attached hydrogen (secondary N) is 2. The van der Waals surface area contributed by atoms with Crippen molar-refractivity contribution in [1.29, 1.82) is 0 Å². The first kappa shape index (κ1) is 11.4. The van der Waals surface area contributed by atoms with Gasteiger partial charge in [0.15, 0.2) is 0 Å². The van der Waals surface area contributed by atoms with E-state index >= 15 is 0 Å². The van der Waals surface area contributed by atoms with E-state index in [1.807, 2.05) is 24.9 Å².